The molecule has 20 heavy (non-hydrogen) atoms. The third kappa shape index (κ3) is 7.59. The number of halogens is 1. The largest absolute Gasteiger partial charge is 0.394 e. The molecule has 0 fully saturated rings. The van der Waals surface area contributed by atoms with Gasteiger partial charge in [0.1, 0.15) is 0 Å². The maximum atomic E-state index is 11.8. The summed E-state index contributed by atoms with van der Waals surface area (Å²) in [5.74, 6) is -0.0244. The highest BCUT2D eigenvalue weighted by atomic mass is 79.9. The van der Waals surface area contributed by atoms with Crippen molar-refractivity contribution >= 4 is 27.5 Å². The highest BCUT2D eigenvalue weighted by molar-refractivity contribution is 9.10. The Morgan fingerprint density at radius 1 is 1.35 bits per heavy atom. The Labute approximate surface area is 127 Å². The van der Waals surface area contributed by atoms with Gasteiger partial charge in [-0.2, -0.15) is 0 Å². The fraction of sp³-hybridized carbons (Fsp3) is 0.500. The van der Waals surface area contributed by atoms with E-state index >= 15 is 0 Å². The molecule has 0 aliphatic rings. The van der Waals surface area contributed by atoms with Gasteiger partial charge in [-0.25, -0.2) is 0 Å². The number of carbonyl (C=O) groups excluding carboxylic acids is 1. The van der Waals surface area contributed by atoms with E-state index in [0.717, 1.165) is 10.2 Å². The lowest BCUT2D eigenvalue weighted by atomic mass is 10.2. The summed E-state index contributed by atoms with van der Waals surface area (Å²) in [7, 11) is 0. The van der Waals surface area contributed by atoms with E-state index in [-0.39, 0.29) is 18.6 Å². The lowest BCUT2D eigenvalue weighted by Gasteiger charge is -2.13. The van der Waals surface area contributed by atoms with E-state index in [0.29, 0.717) is 26.2 Å². The summed E-state index contributed by atoms with van der Waals surface area (Å²) >= 11 is 3.35. The first kappa shape index (κ1) is 17.1. The normalized spacial score (nSPS) is 12.2. The zero-order valence-corrected chi connectivity index (χ0v) is 13.1. The molecule has 0 heterocycles. The van der Waals surface area contributed by atoms with Crippen molar-refractivity contribution in [1.29, 1.82) is 0 Å². The molecule has 1 aromatic rings. The summed E-state index contributed by atoms with van der Waals surface area (Å²) in [6.45, 7) is 3.52. The quantitative estimate of drug-likeness (QED) is 0.597. The summed E-state index contributed by atoms with van der Waals surface area (Å²) in [5.41, 5.74) is 0.789. The molecule has 0 saturated carbocycles. The molecular formula is C14H21BrN2O3. The second kappa shape index (κ2) is 9.88. The number of aliphatic hydroxyl groups is 1. The number of hydrogen-bond donors (Lipinski definition) is 3. The van der Waals surface area contributed by atoms with Crippen LogP contribution in [0.25, 0.3) is 0 Å². The lowest BCUT2D eigenvalue weighted by molar-refractivity contribution is -0.116. The van der Waals surface area contributed by atoms with E-state index in [1.54, 1.807) is 0 Å². The van der Waals surface area contributed by atoms with E-state index < -0.39 is 0 Å². The molecule has 3 N–H and O–H groups in total. The van der Waals surface area contributed by atoms with Gasteiger partial charge in [-0.05, 0) is 31.2 Å². The number of carbonyl (C=O) groups is 1. The van der Waals surface area contributed by atoms with Crippen LogP contribution >= 0.6 is 15.9 Å². The van der Waals surface area contributed by atoms with Crippen LogP contribution in [0.3, 0.4) is 0 Å². The summed E-state index contributed by atoms with van der Waals surface area (Å²) in [4.78, 5) is 11.8. The van der Waals surface area contributed by atoms with Crippen LogP contribution in [-0.2, 0) is 9.53 Å². The molecule has 0 aliphatic heterocycles. The van der Waals surface area contributed by atoms with Crippen LogP contribution in [0.4, 0.5) is 5.69 Å². The van der Waals surface area contributed by atoms with Crippen molar-refractivity contribution in [2.45, 2.75) is 19.4 Å². The Morgan fingerprint density at radius 2 is 2.05 bits per heavy atom. The SMILES string of the molecule is CC(CC(=O)Nc1ccc(Br)cc1)NCCOCCO. The molecule has 0 aromatic heterocycles. The van der Waals surface area contributed by atoms with E-state index in [2.05, 4.69) is 26.6 Å². The number of hydrogen-bond acceptors (Lipinski definition) is 4. The van der Waals surface area contributed by atoms with Crippen molar-refractivity contribution < 1.29 is 14.6 Å². The standard InChI is InChI=1S/C14H21BrN2O3/c1-11(16-6-8-20-9-7-18)10-14(19)17-13-4-2-12(15)3-5-13/h2-5,11,16,18H,6-10H2,1H3,(H,17,19). The molecule has 112 valence electrons. The van der Waals surface area contributed by atoms with Gasteiger partial charge in [0.15, 0.2) is 0 Å². The number of benzene rings is 1. The topological polar surface area (TPSA) is 70.6 Å². The number of nitrogens with one attached hydrogen (secondary N) is 2. The minimum absolute atomic E-state index is 0.0244. The maximum absolute atomic E-state index is 11.8. The van der Waals surface area contributed by atoms with E-state index in [1.807, 2.05) is 31.2 Å². The smallest absolute Gasteiger partial charge is 0.225 e. The second-order valence-corrected chi connectivity index (χ2v) is 5.37. The van der Waals surface area contributed by atoms with Gasteiger partial charge >= 0.3 is 0 Å². The molecule has 1 unspecified atom stereocenters. The molecular weight excluding hydrogens is 324 g/mol. The van der Waals surface area contributed by atoms with Crippen molar-refractivity contribution in [3.63, 3.8) is 0 Å². The highest BCUT2D eigenvalue weighted by Gasteiger charge is 2.08. The Morgan fingerprint density at radius 3 is 2.70 bits per heavy atom. The minimum Gasteiger partial charge on any atom is -0.394 e. The third-order valence-electron chi connectivity index (χ3n) is 2.59. The van der Waals surface area contributed by atoms with E-state index in [1.165, 1.54) is 0 Å². The monoisotopic (exact) mass is 344 g/mol. The Balaban J connectivity index is 2.19. The van der Waals surface area contributed by atoms with Gasteiger partial charge in [-0.15, -0.1) is 0 Å². The summed E-state index contributed by atoms with van der Waals surface area (Å²) in [6.07, 6.45) is 0.399. The first-order valence-corrected chi connectivity index (χ1v) is 7.38. The minimum atomic E-state index is -0.0244. The molecule has 6 heteroatoms. The third-order valence-corrected chi connectivity index (χ3v) is 3.12. The lowest BCUT2D eigenvalue weighted by Crippen LogP contribution is -2.33. The van der Waals surface area contributed by atoms with Crippen LogP contribution < -0.4 is 10.6 Å². The van der Waals surface area contributed by atoms with Crippen LogP contribution in [0.15, 0.2) is 28.7 Å². The van der Waals surface area contributed by atoms with Crippen LogP contribution in [0.2, 0.25) is 0 Å². The number of anilines is 1. The molecule has 0 bridgehead atoms. The molecule has 1 atom stereocenters. The second-order valence-electron chi connectivity index (χ2n) is 4.45. The molecule has 1 rings (SSSR count). The first-order chi connectivity index (χ1) is 9.61. The zero-order valence-electron chi connectivity index (χ0n) is 11.6. The number of ether oxygens (including phenoxy) is 1. The van der Waals surface area contributed by atoms with Gasteiger partial charge in [0.05, 0.1) is 19.8 Å². The fourth-order valence-corrected chi connectivity index (χ4v) is 1.90. The number of amides is 1. The number of aliphatic hydroxyl groups excluding tert-OH is 1. The van der Waals surface area contributed by atoms with Crippen LogP contribution in [0.5, 0.6) is 0 Å². The van der Waals surface area contributed by atoms with Crippen LogP contribution in [0, 0.1) is 0 Å². The van der Waals surface area contributed by atoms with Gasteiger partial charge < -0.3 is 20.5 Å². The average Bonchev–Trinajstić information content (AvgIpc) is 2.41. The molecule has 0 radical (unpaired) electrons. The van der Waals surface area contributed by atoms with E-state index in [9.17, 15) is 4.79 Å². The predicted octanol–water partition coefficient (Wildman–Crippen LogP) is 1.76. The van der Waals surface area contributed by atoms with Crippen molar-refractivity contribution in [2.24, 2.45) is 0 Å². The van der Waals surface area contributed by atoms with Crippen LogP contribution in [-0.4, -0.2) is 43.4 Å². The Kier molecular flexibility index (Phi) is 8.45. The average molecular weight is 345 g/mol. The zero-order chi connectivity index (χ0) is 14.8. The summed E-state index contributed by atoms with van der Waals surface area (Å²) in [5, 5.41) is 14.6. The van der Waals surface area contributed by atoms with Crippen molar-refractivity contribution in [2.75, 3.05) is 31.7 Å². The van der Waals surface area contributed by atoms with Crippen molar-refractivity contribution in [3.8, 4) is 0 Å². The molecule has 1 aromatic carbocycles. The summed E-state index contributed by atoms with van der Waals surface area (Å²) < 4.78 is 6.11. The summed E-state index contributed by atoms with van der Waals surface area (Å²) in [6, 6.07) is 7.54. The van der Waals surface area contributed by atoms with Gasteiger partial charge in [-0.1, -0.05) is 15.9 Å². The Hall–Kier alpha value is -0.950. The van der Waals surface area contributed by atoms with Gasteiger partial charge in [0.2, 0.25) is 5.91 Å². The van der Waals surface area contributed by atoms with Crippen molar-refractivity contribution in [1.82, 2.24) is 5.32 Å². The fourth-order valence-electron chi connectivity index (χ4n) is 1.64. The van der Waals surface area contributed by atoms with Crippen LogP contribution in [0.1, 0.15) is 13.3 Å². The van der Waals surface area contributed by atoms with Gasteiger partial charge in [0, 0.05) is 29.2 Å². The van der Waals surface area contributed by atoms with Gasteiger partial charge in [-0.3, -0.25) is 4.79 Å². The molecule has 1 amide bonds. The maximum Gasteiger partial charge on any atom is 0.225 e. The first-order valence-electron chi connectivity index (χ1n) is 6.59. The predicted molar refractivity (Wildman–Crippen MR) is 82.8 cm³/mol. The van der Waals surface area contributed by atoms with E-state index in [4.69, 9.17) is 9.84 Å². The highest BCUT2D eigenvalue weighted by Crippen LogP contribution is 2.14. The molecule has 5 nitrogen and oxygen atoms in total. The molecule has 0 spiro atoms. The Bertz CT molecular complexity index is 398. The van der Waals surface area contributed by atoms with Gasteiger partial charge in [0.25, 0.3) is 0 Å². The molecule has 0 saturated heterocycles. The van der Waals surface area contributed by atoms with Crippen molar-refractivity contribution in [3.05, 3.63) is 28.7 Å². The molecule has 0 aliphatic carbocycles. The number of rotatable bonds is 9.